The molecule has 2 aromatic rings. The van der Waals surface area contributed by atoms with Gasteiger partial charge in [-0.15, -0.1) is 0 Å². The van der Waals surface area contributed by atoms with Crippen LogP contribution in [0.2, 0.25) is 0 Å². The standard InChI is InChI=1S/C22H24N6O/c1-14-17(8-9-23-16-6-4-3-5-7-16)15(2)27-19(14)12-20-21(25-11-10-24-20)18-13-26-28-22(18)29/h3-7,10-13,18,23-24,27H,8-9H2,1-2H3,(H,28,29). The molecule has 1 aromatic heterocycles. The summed E-state index contributed by atoms with van der Waals surface area (Å²) in [6.45, 7) is 5.06. The number of amides is 1. The number of nitrogens with one attached hydrogen (secondary N) is 4. The molecule has 0 fully saturated rings. The molecule has 0 aliphatic carbocycles. The summed E-state index contributed by atoms with van der Waals surface area (Å²) in [6.07, 6.45) is 7.93. The first-order chi connectivity index (χ1) is 14.1. The second-order valence-electron chi connectivity index (χ2n) is 7.07. The highest BCUT2D eigenvalue weighted by Crippen LogP contribution is 2.23. The lowest BCUT2D eigenvalue weighted by Gasteiger charge is -2.16. The predicted octanol–water partition coefficient (Wildman–Crippen LogP) is 2.87. The SMILES string of the molecule is Cc1[nH]c(C=C2NC=CN=C2C2C=NNC2=O)c(C)c1CCNc1ccccc1. The molecule has 29 heavy (non-hydrogen) atoms. The van der Waals surface area contributed by atoms with E-state index >= 15 is 0 Å². The highest BCUT2D eigenvalue weighted by molar-refractivity contribution is 6.24. The Balaban J connectivity index is 1.52. The number of hydrazone groups is 1. The Labute approximate surface area is 169 Å². The largest absolute Gasteiger partial charge is 0.385 e. The van der Waals surface area contributed by atoms with Crippen molar-refractivity contribution >= 4 is 29.6 Å². The molecule has 1 aromatic carbocycles. The number of para-hydroxylation sites is 1. The Bertz CT molecular complexity index is 1030. The zero-order valence-corrected chi connectivity index (χ0v) is 16.5. The van der Waals surface area contributed by atoms with Crippen molar-refractivity contribution in [2.24, 2.45) is 16.0 Å². The van der Waals surface area contributed by atoms with Gasteiger partial charge in [0.15, 0.2) is 0 Å². The molecule has 1 atom stereocenters. The molecule has 0 bridgehead atoms. The van der Waals surface area contributed by atoms with Crippen LogP contribution < -0.4 is 16.1 Å². The lowest BCUT2D eigenvalue weighted by atomic mass is 9.99. The summed E-state index contributed by atoms with van der Waals surface area (Å²) in [5.74, 6) is -0.650. The van der Waals surface area contributed by atoms with E-state index in [9.17, 15) is 4.79 Å². The van der Waals surface area contributed by atoms with Crippen LogP contribution in [0.3, 0.4) is 0 Å². The number of aliphatic imine (C=N–C) groups is 1. The Morgan fingerprint density at radius 1 is 1.21 bits per heavy atom. The maximum Gasteiger partial charge on any atom is 0.254 e. The number of benzene rings is 1. The van der Waals surface area contributed by atoms with E-state index < -0.39 is 5.92 Å². The summed E-state index contributed by atoms with van der Waals surface area (Å²) < 4.78 is 0. The summed E-state index contributed by atoms with van der Waals surface area (Å²) in [4.78, 5) is 19.9. The van der Waals surface area contributed by atoms with Crippen LogP contribution in [0, 0.1) is 19.8 Å². The van der Waals surface area contributed by atoms with Gasteiger partial charge in [-0.25, -0.2) is 5.43 Å². The molecule has 2 aliphatic heterocycles. The van der Waals surface area contributed by atoms with Crippen molar-refractivity contribution in [3.05, 3.63) is 70.9 Å². The molecule has 1 amide bonds. The topological polar surface area (TPSA) is 93.7 Å². The Morgan fingerprint density at radius 3 is 2.79 bits per heavy atom. The monoisotopic (exact) mass is 388 g/mol. The van der Waals surface area contributed by atoms with Crippen molar-refractivity contribution in [3.63, 3.8) is 0 Å². The number of anilines is 1. The molecule has 7 heteroatoms. The number of nitrogens with zero attached hydrogens (tertiary/aromatic N) is 2. The van der Waals surface area contributed by atoms with Crippen molar-refractivity contribution in [3.8, 4) is 0 Å². The van der Waals surface area contributed by atoms with Crippen molar-refractivity contribution in [1.29, 1.82) is 0 Å². The molecule has 3 heterocycles. The molecular weight excluding hydrogens is 364 g/mol. The second-order valence-corrected chi connectivity index (χ2v) is 7.07. The zero-order valence-electron chi connectivity index (χ0n) is 16.5. The van der Waals surface area contributed by atoms with Crippen molar-refractivity contribution in [2.75, 3.05) is 11.9 Å². The van der Waals surface area contributed by atoms with Crippen molar-refractivity contribution < 1.29 is 4.79 Å². The van der Waals surface area contributed by atoms with Gasteiger partial charge >= 0.3 is 0 Å². The summed E-state index contributed by atoms with van der Waals surface area (Å²) in [6, 6.07) is 10.2. The van der Waals surface area contributed by atoms with E-state index in [1.807, 2.05) is 24.3 Å². The fourth-order valence-electron chi connectivity index (χ4n) is 3.63. The molecule has 0 saturated carbocycles. The van der Waals surface area contributed by atoms with Gasteiger partial charge in [0.25, 0.3) is 5.91 Å². The molecule has 4 N–H and O–H groups in total. The lowest BCUT2D eigenvalue weighted by molar-refractivity contribution is -0.120. The van der Waals surface area contributed by atoms with Crippen LogP contribution >= 0.6 is 0 Å². The third-order valence-corrected chi connectivity index (χ3v) is 5.18. The van der Waals surface area contributed by atoms with Gasteiger partial charge in [0.2, 0.25) is 0 Å². The molecule has 0 radical (unpaired) electrons. The number of hydrogen-bond donors (Lipinski definition) is 4. The number of carbonyl (C=O) groups is 1. The van der Waals surface area contributed by atoms with E-state index in [1.165, 1.54) is 11.1 Å². The molecule has 1 unspecified atom stereocenters. The van der Waals surface area contributed by atoms with Gasteiger partial charge in [-0.05, 0) is 49.6 Å². The van der Waals surface area contributed by atoms with Crippen LogP contribution in [0.5, 0.6) is 0 Å². The Kier molecular flexibility index (Phi) is 5.29. The first-order valence-corrected chi connectivity index (χ1v) is 9.65. The van der Waals surface area contributed by atoms with E-state index in [2.05, 4.69) is 57.1 Å². The molecule has 0 spiro atoms. The quantitative estimate of drug-likeness (QED) is 0.613. The minimum absolute atomic E-state index is 0.168. The van der Waals surface area contributed by atoms with Crippen LogP contribution in [0.25, 0.3) is 6.08 Å². The van der Waals surface area contributed by atoms with Crippen LogP contribution in [-0.4, -0.2) is 29.4 Å². The summed E-state index contributed by atoms with van der Waals surface area (Å²) in [7, 11) is 0. The highest BCUT2D eigenvalue weighted by Gasteiger charge is 2.29. The number of H-pyrrole nitrogens is 1. The Hall–Kier alpha value is -3.61. The normalized spacial score (nSPS) is 19.2. The maximum atomic E-state index is 12.0. The number of carbonyl (C=O) groups excluding carboxylic acids is 1. The van der Waals surface area contributed by atoms with Crippen LogP contribution in [0.4, 0.5) is 5.69 Å². The zero-order chi connectivity index (χ0) is 20.2. The number of hydrogen-bond acceptors (Lipinski definition) is 5. The molecule has 4 rings (SSSR count). The fourth-order valence-corrected chi connectivity index (χ4v) is 3.63. The average Bonchev–Trinajstić information content (AvgIpc) is 3.27. The van der Waals surface area contributed by atoms with Gasteiger partial charge in [0.1, 0.15) is 5.92 Å². The summed E-state index contributed by atoms with van der Waals surface area (Å²) in [5, 5.41) is 10.5. The van der Waals surface area contributed by atoms with Gasteiger partial charge in [0.05, 0.1) is 11.4 Å². The third kappa shape index (κ3) is 3.99. The van der Waals surface area contributed by atoms with Gasteiger partial charge < -0.3 is 15.6 Å². The van der Waals surface area contributed by atoms with E-state index in [0.29, 0.717) is 5.71 Å². The number of aryl methyl sites for hydroxylation is 1. The van der Waals surface area contributed by atoms with Crippen molar-refractivity contribution in [2.45, 2.75) is 20.3 Å². The van der Waals surface area contributed by atoms with Crippen LogP contribution in [-0.2, 0) is 11.2 Å². The molecular formula is C22H24N6O. The minimum Gasteiger partial charge on any atom is -0.385 e. The van der Waals surface area contributed by atoms with Gasteiger partial charge in [0, 0.05) is 42.2 Å². The molecule has 7 nitrogen and oxygen atoms in total. The number of allylic oxidation sites excluding steroid dienone is 1. The number of aromatic amines is 1. The first-order valence-electron chi connectivity index (χ1n) is 9.65. The minimum atomic E-state index is -0.482. The molecule has 0 saturated heterocycles. The van der Waals surface area contributed by atoms with E-state index in [0.717, 1.165) is 35.7 Å². The third-order valence-electron chi connectivity index (χ3n) is 5.18. The first kappa shape index (κ1) is 18.7. The smallest absolute Gasteiger partial charge is 0.254 e. The van der Waals surface area contributed by atoms with Crippen molar-refractivity contribution in [1.82, 2.24) is 15.7 Å². The van der Waals surface area contributed by atoms with Crippen LogP contribution in [0.1, 0.15) is 22.5 Å². The summed E-state index contributed by atoms with van der Waals surface area (Å²) in [5.41, 5.74) is 9.69. The van der Waals surface area contributed by atoms with E-state index in [4.69, 9.17) is 0 Å². The number of rotatable bonds is 6. The second kappa shape index (κ2) is 8.18. The Morgan fingerprint density at radius 2 is 2.03 bits per heavy atom. The lowest BCUT2D eigenvalue weighted by Crippen LogP contribution is -2.32. The maximum absolute atomic E-state index is 12.0. The average molecular weight is 388 g/mol. The highest BCUT2D eigenvalue weighted by atomic mass is 16.2. The fraction of sp³-hybridized carbons (Fsp3) is 0.227. The van der Waals surface area contributed by atoms with Gasteiger partial charge in [-0.1, -0.05) is 18.2 Å². The van der Waals surface area contributed by atoms with Gasteiger partial charge in [-0.2, -0.15) is 5.10 Å². The summed E-state index contributed by atoms with van der Waals surface area (Å²) >= 11 is 0. The van der Waals surface area contributed by atoms with E-state index in [1.54, 1.807) is 18.6 Å². The molecule has 148 valence electrons. The predicted molar refractivity (Wildman–Crippen MR) is 117 cm³/mol. The molecule has 2 aliphatic rings. The van der Waals surface area contributed by atoms with Crippen LogP contribution in [0.15, 0.2) is 58.5 Å². The number of aromatic nitrogens is 1. The van der Waals surface area contributed by atoms with E-state index in [-0.39, 0.29) is 5.91 Å². The van der Waals surface area contributed by atoms with Gasteiger partial charge in [-0.3, -0.25) is 9.79 Å².